The fourth-order valence-electron chi connectivity index (χ4n) is 1.71. The number of anilines is 1. The first-order valence-electron chi connectivity index (χ1n) is 5.98. The zero-order chi connectivity index (χ0) is 13.9. The van der Waals surface area contributed by atoms with Gasteiger partial charge in [-0.15, -0.1) is 11.3 Å². The molecule has 0 radical (unpaired) electrons. The molecular weight excluding hydrogens is 274 g/mol. The van der Waals surface area contributed by atoms with E-state index in [-0.39, 0.29) is 11.6 Å². The lowest BCUT2D eigenvalue weighted by Crippen LogP contribution is -2.13. The molecule has 100 valence electrons. The van der Waals surface area contributed by atoms with Crippen LogP contribution in [0, 0.1) is 6.92 Å². The average Bonchev–Trinajstić information content (AvgIpc) is 3.10. The molecular formula is C14H11N3O2S. The molecule has 0 aromatic carbocycles. The summed E-state index contributed by atoms with van der Waals surface area (Å²) in [4.78, 5) is 17.2. The van der Waals surface area contributed by atoms with Crippen molar-refractivity contribution in [2.24, 2.45) is 0 Å². The second-order valence-electron chi connectivity index (χ2n) is 4.17. The summed E-state index contributed by atoms with van der Waals surface area (Å²) in [5.74, 6) is 0.743. The highest BCUT2D eigenvalue weighted by atomic mass is 32.1. The first-order valence-corrected chi connectivity index (χ1v) is 6.86. The monoisotopic (exact) mass is 285 g/mol. The Morgan fingerprint density at radius 3 is 2.95 bits per heavy atom. The van der Waals surface area contributed by atoms with Crippen LogP contribution in [0.15, 0.2) is 46.3 Å². The lowest BCUT2D eigenvalue weighted by atomic mass is 10.3. The molecule has 3 aromatic rings. The van der Waals surface area contributed by atoms with Crippen molar-refractivity contribution in [2.75, 3.05) is 5.32 Å². The summed E-state index contributed by atoms with van der Waals surface area (Å²) in [6.07, 6.45) is 0. The van der Waals surface area contributed by atoms with Crippen molar-refractivity contribution in [3.8, 4) is 10.6 Å². The van der Waals surface area contributed by atoms with Crippen molar-refractivity contribution < 1.29 is 9.32 Å². The van der Waals surface area contributed by atoms with Gasteiger partial charge in [-0.1, -0.05) is 17.3 Å². The minimum absolute atomic E-state index is 0.233. The molecule has 1 N–H and O–H groups in total. The number of hydrogen-bond donors (Lipinski definition) is 1. The number of amides is 1. The topological polar surface area (TPSA) is 68.0 Å². The van der Waals surface area contributed by atoms with Crippen LogP contribution in [-0.2, 0) is 0 Å². The first kappa shape index (κ1) is 12.6. The van der Waals surface area contributed by atoms with Gasteiger partial charge in [0.1, 0.15) is 5.82 Å². The van der Waals surface area contributed by atoms with Crippen LogP contribution >= 0.6 is 11.3 Å². The smallest absolute Gasteiger partial charge is 0.279 e. The Morgan fingerprint density at radius 2 is 2.20 bits per heavy atom. The standard InChI is InChI=1S/C14H11N3O2S/c1-9-4-2-6-13(15-9)16-14(18)10-8-11(19-17-10)12-5-3-7-20-12/h2-8H,1H3,(H,15,16,18). The molecule has 3 rings (SSSR count). The highest BCUT2D eigenvalue weighted by molar-refractivity contribution is 7.13. The average molecular weight is 285 g/mol. The van der Waals surface area contributed by atoms with Gasteiger partial charge in [-0.3, -0.25) is 4.79 Å². The van der Waals surface area contributed by atoms with Crippen molar-refractivity contribution in [1.29, 1.82) is 0 Å². The van der Waals surface area contributed by atoms with Crippen LogP contribution in [0.25, 0.3) is 10.6 Å². The van der Waals surface area contributed by atoms with E-state index in [2.05, 4.69) is 15.5 Å². The van der Waals surface area contributed by atoms with Gasteiger partial charge >= 0.3 is 0 Å². The van der Waals surface area contributed by atoms with Crippen molar-refractivity contribution in [1.82, 2.24) is 10.1 Å². The summed E-state index contributed by atoms with van der Waals surface area (Å²) in [7, 11) is 0. The van der Waals surface area contributed by atoms with E-state index in [0.717, 1.165) is 10.6 Å². The van der Waals surface area contributed by atoms with Gasteiger partial charge in [-0.2, -0.15) is 0 Å². The van der Waals surface area contributed by atoms with E-state index in [1.165, 1.54) is 11.3 Å². The van der Waals surface area contributed by atoms with Crippen LogP contribution in [0.5, 0.6) is 0 Å². The molecule has 6 heteroatoms. The number of hydrogen-bond acceptors (Lipinski definition) is 5. The maximum absolute atomic E-state index is 12.0. The van der Waals surface area contributed by atoms with E-state index in [4.69, 9.17) is 4.52 Å². The van der Waals surface area contributed by atoms with Gasteiger partial charge in [0, 0.05) is 11.8 Å². The van der Waals surface area contributed by atoms with Crippen molar-refractivity contribution in [3.05, 3.63) is 53.2 Å². The summed E-state index contributed by atoms with van der Waals surface area (Å²) < 4.78 is 5.17. The third kappa shape index (κ3) is 2.60. The molecule has 0 saturated carbocycles. The summed E-state index contributed by atoms with van der Waals surface area (Å²) in [5.41, 5.74) is 1.07. The molecule has 0 unspecified atom stereocenters. The predicted molar refractivity (Wildman–Crippen MR) is 76.7 cm³/mol. The summed E-state index contributed by atoms with van der Waals surface area (Å²) in [6, 6.07) is 10.9. The fraction of sp³-hybridized carbons (Fsp3) is 0.0714. The Labute approximate surface area is 119 Å². The van der Waals surface area contributed by atoms with Gasteiger partial charge in [-0.05, 0) is 30.5 Å². The second kappa shape index (κ2) is 5.26. The molecule has 0 aliphatic heterocycles. The Kier molecular flexibility index (Phi) is 3.30. The molecule has 0 fully saturated rings. The van der Waals surface area contributed by atoms with E-state index in [1.54, 1.807) is 12.1 Å². The largest absolute Gasteiger partial charge is 0.355 e. The maximum Gasteiger partial charge on any atom is 0.279 e. The molecule has 3 aromatic heterocycles. The van der Waals surface area contributed by atoms with Crippen LogP contribution in [0.1, 0.15) is 16.2 Å². The Bertz CT molecular complexity index is 734. The molecule has 0 bridgehead atoms. The molecule has 3 heterocycles. The van der Waals surface area contributed by atoms with E-state index in [0.29, 0.717) is 11.6 Å². The highest BCUT2D eigenvalue weighted by Crippen LogP contribution is 2.25. The van der Waals surface area contributed by atoms with E-state index in [9.17, 15) is 4.79 Å². The number of thiophene rings is 1. The van der Waals surface area contributed by atoms with Crippen LogP contribution in [0.3, 0.4) is 0 Å². The third-order valence-corrected chi connectivity index (χ3v) is 3.52. The number of carbonyl (C=O) groups is 1. The van der Waals surface area contributed by atoms with Gasteiger partial charge in [0.2, 0.25) is 0 Å². The summed E-state index contributed by atoms with van der Waals surface area (Å²) >= 11 is 1.53. The highest BCUT2D eigenvalue weighted by Gasteiger charge is 2.14. The quantitative estimate of drug-likeness (QED) is 0.801. The molecule has 20 heavy (non-hydrogen) atoms. The zero-order valence-corrected chi connectivity index (χ0v) is 11.5. The van der Waals surface area contributed by atoms with Crippen molar-refractivity contribution in [3.63, 3.8) is 0 Å². The van der Waals surface area contributed by atoms with Crippen LogP contribution < -0.4 is 5.32 Å². The normalized spacial score (nSPS) is 10.4. The number of aromatic nitrogens is 2. The lowest BCUT2D eigenvalue weighted by Gasteiger charge is -2.01. The van der Waals surface area contributed by atoms with Gasteiger partial charge in [0.15, 0.2) is 11.5 Å². The SMILES string of the molecule is Cc1cccc(NC(=O)c2cc(-c3cccs3)on2)n1. The van der Waals surface area contributed by atoms with Gasteiger partial charge < -0.3 is 9.84 Å². The van der Waals surface area contributed by atoms with Gasteiger partial charge in [-0.25, -0.2) is 4.98 Å². The van der Waals surface area contributed by atoms with E-state index in [1.807, 2.05) is 36.6 Å². The molecule has 0 aliphatic rings. The van der Waals surface area contributed by atoms with Crippen molar-refractivity contribution >= 4 is 23.1 Å². The summed E-state index contributed by atoms with van der Waals surface area (Å²) in [5, 5.41) is 8.41. The van der Waals surface area contributed by atoms with Gasteiger partial charge in [0.25, 0.3) is 5.91 Å². The zero-order valence-electron chi connectivity index (χ0n) is 10.7. The lowest BCUT2D eigenvalue weighted by molar-refractivity contribution is 0.101. The number of nitrogens with zero attached hydrogens (tertiary/aromatic N) is 2. The number of pyridine rings is 1. The molecule has 0 spiro atoms. The number of rotatable bonds is 3. The molecule has 5 nitrogen and oxygen atoms in total. The second-order valence-corrected chi connectivity index (χ2v) is 5.12. The maximum atomic E-state index is 12.0. The summed E-state index contributed by atoms with van der Waals surface area (Å²) in [6.45, 7) is 1.86. The number of aryl methyl sites for hydroxylation is 1. The van der Waals surface area contributed by atoms with Crippen LogP contribution in [0.2, 0.25) is 0 Å². The number of nitrogens with one attached hydrogen (secondary N) is 1. The molecule has 0 atom stereocenters. The van der Waals surface area contributed by atoms with Crippen LogP contribution in [-0.4, -0.2) is 16.0 Å². The van der Waals surface area contributed by atoms with Gasteiger partial charge in [0.05, 0.1) is 4.88 Å². The van der Waals surface area contributed by atoms with Crippen molar-refractivity contribution in [2.45, 2.75) is 6.92 Å². The minimum atomic E-state index is -0.338. The number of carbonyl (C=O) groups excluding carboxylic acids is 1. The first-order chi connectivity index (χ1) is 9.72. The van der Waals surface area contributed by atoms with E-state index < -0.39 is 0 Å². The third-order valence-electron chi connectivity index (χ3n) is 2.64. The Balaban J connectivity index is 1.78. The molecule has 0 aliphatic carbocycles. The van der Waals surface area contributed by atoms with Crippen LogP contribution in [0.4, 0.5) is 5.82 Å². The molecule has 0 saturated heterocycles. The predicted octanol–water partition coefficient (Wildman–Crippen LogP) is 3.36. The Hall–Kier alpha value is -2.47. The molecule has 1 amide bonds. The minimum Gasteiger partial charge on any atom is -0.355 e. The Morgan fingerprint density at radius 1 is 1.30 bits per heavy atom. The fourth-order valence-corrected chi connectivity index (χ4v) is 2.38. The van der Waals surface area contributed by atoms with E-state index >= 15 is 0 Å².